The average molecular weight is 618 g/mol. The fourth-order valence-corrected chi connectivity index (χ4v) is 8.35. The van der Waals surface area contributed by atoms with E-state index in [2.05, 4.69) is 170 Å². The van der Waals surface area contributed by atoms with Crippen LogP contribution in [0.1, 0.15) is 48.9 Å². The Morgan fingerprint density at radius 3 is 1.92 bits per heavy atom. The molecule has 0 unspecified atom stereocenters. The van der Waals surface area contributed by atoms with E-state index in [1.165, 1.54) is 97.9 Å². The van der Waals surface area contributed by atoms with Gasteiger partial charge < -0.3 is 4.90 Å². The summed E-state index contributed by atoms with van der Waals surface area (Å²) in [6, 6.07) is 56.4. The van der Waals surface area contributed by atoms with E-state index in [1.54, 1.807) is 5.56 Å². The molecular formula is C47H39N. The first kappa shape index (κ1) is 28.8. The van der Waals surface area contributed by atoms with Crippen molar-refractivity contribution < 1.29 is 0 Å². The molecule has 48 heavy (non-hydrogen) atoms. The summed E-state index contributed by atoms with van der Waals surface area (Å²) < 4.78 is 0. The topological polar surface area (TPSA) is 3.24 Å². The average Bonchev–Trinajstić information content (AvgIpc) is 3.36. The number of fused-ring (bicyclic) bond motifs is 5. The highest BCUT2D eigenvalue weighted by atomic mass is 15.1. The second kappa shape index (κ2) is 11.4. The van der Waals surface area contributed by atoms with E-state index in [0.29, 0.717) is 0 Å². The maximum atomic E-state index is 2.44. The first-order chi connectivity index (χ1) is 23.6. The fraction of sp³-hybridized carbons (Fsp3) is 0.149. The molecule has 2 aliphatic carbocycles. The minimum absolute atomic E-state index is 0.112. The normalized spacial score (nSPS) is 14.3. The molecule has 0 fully saturated rings. The number of benzene rings is 7. The van der Waals surface area contributed by atoms with Crippen molar-refractivity contribution in [3.8, 4) is 33.4 Å². The molecule has 0 N–H and O–H groups in total. The van der Waals surface area contributed by atoms with Gasteiger partial charge in [-0.3, -0.25) is 0 Å². The number of hydrogen-bond acceptors (Lipinski definition) is 1. The number of hydrogen-bond donors (Lipinski definition) is 0. The van der Waals surface area contributed by atoms with Gasteiger partial charge in [0.2, 0.25) is 0 Å². The van der Waals surface area contributed by atoms with E-state index < -0.39 is 0 Å². The van der Waals surface area contributed by atoms with E-state index in [4.69, 9.17) is 0 Å². The monoisotopic (exact) mass is 617 g/mol. The van der Waals surface area contributed by atoms with E-state index in [-0.39, 0.29) is 5.41 Å². The van der Waals surface area contributed by atoms with E-state index in [1.807, 2.05) is 0 Å². The molecule has 0 atom stereocenters. The number of anilines is 3. The van der Waals surface area contributed by atoms with Crippen molar-refractivity contribution in [1.29, 1.82) is 0 Å². The summed E-state index contributed by atoms with van der Waals surface area (Å²) in [5, 5.41) is 2.59. The molecule has 1 nitrogen and oxygen atoms in total. The Morgan fingerprint density at radius 1 is 0.458 bits per heavy atom. The van der Waals surface area contributed by atoms with Crippen LogP contribution < -0.4 is 4.90 Å². The van der Waals surface area contributed by atoms with Crippen LogP contribution in [0, 0.1) is 0 Å². The van der Waals surface area contributed by atoms with Gasteiger partial charge in [0.1, 0.15) is 0 Å². The zero-order chi connectivity index (χ0) is 32.2. The molecule has 0 bridgehead atoms. The standard InChI is InChI=1S/C47H39N/c1-47(2)44-30-36-15-7-6-14-35(36)29-43(44)42-28-27-38(31-45(42)47)48(37-17-4-3-5-18-37)46-22-11-10-20-41(46)34-25-23-33(24-26-34)40-21-12-16-32-13-8-9-19-39(32)40/h3-7,10-12,14-18,20-31H,8-9,13,19H2,1-2H3. The quantitative estimate of drug-likeness (QED) is 0.186. The largest absolute Gasteiger partial charge is 0.310 e. The van der Waals surface area contributed by atoms with Gasteiger partial charge in [-0.05, 0) is 129 Å². The third-order valence-corrected chi connectivity index (χ3v) is 10.8. The van der Waals surface area contributed by atoms with Crippen LogP contribution >= 0.6 is 0 Å². The maximum absolute atomic E-state index is 2.44. The smallest absolute Gasteiger partial charge is 0.0540 e. The van der Waals surface area contributed by atoms with E-state index in [0.717, 1.165) is 5.69 Å². The van der Waals surface area contributed by atoms with Crippen molar-refractivity contribution in [3.63, 3.8) is 0 Å². The molecule has 2 aliphatic rings. The lowest BCUT2D eigenvalue weighted by Gasteiger charge is -2.29. The molecular weight excluding hydrogens is 579 g/mol. The molecule has 0 aromatic heterocycles. The minimum Gasteiger partial charge on any atom is -0.310 e. The lowest BCUT2D eigenvalue weighted by Crippen LogP contribution is -2.17. The van der Waals surface area contributed by atoms with Gasteiger partial charge in [0.05, 0.1) is 5.69 Å². The van der Waals surface area contributed by atoms with Gasteiger partial charge in [-0.2, -0.15) is 0 Å². The summed E-state index contributed by atoms with van der Waals surface area (Å²) in [5.74, 6) is 0. The van der Waals surface area contributed by atoms with E-state index in [9.17, 15) is 0 Å². The minimum atomic E-state index is -0.112. The van der Waals surface area contributed by atoms with Gasteiger partial charge in [-0.1, -0.05) is 123 Å². The van der Waals surface area contributed by atoms with Crippen LogP contribution in [0.2, 0.25) is 0 Å². The van der Waals surface area contributed by atoms with Crippen LogP contribution in [0.3, 0.4) is 0 Å². The highest BCUT2D eigenvalue weighted by molar-refractivity contribution is 5.95. The van der Waals surface area contributed by atoms with Gasteiger partial charge in [-0.25, -0.2) is 0 Å². The highest BCUT2D eigenvalue weighted by Gasteiger charge is 2.36. The van der Waals surface area contributed by atoms with Crippen LogP contribution in [-0.4, -0.2) is 0 Å². The lowest BCUT2D eigenvalue weighted by molar-refractivity contribution is 0.661. The first-order valence-electron chi connectivity index (χ1n) is 17.4. The SMILES string of the molecule is CC1(C)c2cc(N(c3ccccc3)c3ccccc3-c3ccc(-c4cccc5c4CCCC5)cc3)ccc2-c2cc3ccccc3cc21. The van der Waals surface area contributed by atoms with Crippen LogP contribution in [-0.2, 0) is 18.3 Å². The molecule has 7 aromatic carbocycles. The summed E-state index contributed by atoms with van der Waals surface area (Å²) in [4.78, 5) is 2.44. The Bertz CT molecular complexity index is 2310. The Balaban J connectivity index is 1.15. The van der Waals surface area contributed by atoms with Crippen molar-refractivity contribution in [2.45, 2.75) is 44.9 Å². The van der Waals surface area contributed by atoms with Crippen LogP contribution in [0.5, 0.6) is 0 Å². The highest BCUT2D eigenvalue weighted by Crippen LogP contribution is 2.52. The Kier molecular flexibility index (Phi) is 6.83. The number of para-hydroxylation sites is 2. The first-order valence-corrected chi connectivity index (χ1v) is 17.4. The molecule has 0 aliphatic heterocycles. The lowest BCUT2D eigenvalue weighted by atomic mass is 9.81. The van der Waals surface area contributed by atoms with Crippen molar-refractivity contribution >= 4 is 27.8 Å². The Morgan fingerprint density at radius 2 is 1.10 bits per heavy atom. The number of nitrogens with zero attached hydrogens (tertiary/aromatic N) is 1. The number of rotatable bonds is 5. The molecule has 0 radical (unpaired) electrons. The Labute approximate surface area is 284 Å². The zero-order valence-corrected chi connectivity index (χ0v) is 27.7. The number of aryl methyl sites for hydroxylation is 1. The molecule has 232 valence electrons. The molecule has 1 heteroatoms. The second-order valence-electron chi connectivity index (χ2n) is 14.0. The van der Waals surface area contributed by atoms with Crippen LogP contribution in [0.15, 0.2) is 152 Å². The summed E-state index contributed by atoms with van der Waals surface area (Å²) in [6.07, 6.45) is 4.97. The molecule has 0 saturated carbocycles. The summed E-state index contributed by atoms with van der Waals surface area (Å²) in [6.45, 7) is 4.75. The van der Waals surface area contributed by atoms with Crippen LogP contribution in [0.25, 0.3) is 44.2 Å². The summed E-state index contributed by atoms with van der Waals surface area (Å²) >= 11 is 0. The maximum Gasteiger partial charge on any atom is 0.0540 e. The van der Waals surface area contributed by atoms with Crippen molar-refractivity contribution in [2.75, 3.05) is 4.90 Å². The van der Waals surface area contributed by atoms with Gasteiger partial charge >= 0.3 is 0 Å². The fourth-order valence-electron chi connectivity index (χ4n) is 8.35. The van der Waals surface area contributed by atoms with Crippen molar-refractivity contribution in [3.05, 3.63) is 174 Å². The van der Waals surface area contributed by atoms with Gasteiger partial charge in [-0.15, -0.1) is 0 Å². The van der Waals surface area contributed by atoms with Crippen molar-refractivity contribution in [2.24, 2.45) is 0 Å². The van der Waals surface area contributed by atoms with Gasteiger partial charge in [0.25, 0.3) is 0 Å². The Hall–Kier alpha value is -5.40. The predicted octanol–water partition coefficient (Wildman–Crippen LogP) is 12.8. The molecule has 9 rings (SSSR count). The van der Waals surface area contributed by atoms with Gasteiger partial charge in [0, 0.05) is 22.4 Å². The zero-order valence-electron chi connectivity index (χ0n) is 27.7. The van der Waals surface area contributed by atoms with Crippen molar-refractivity contribution in [1.82, 2.24) is 0 Å². The third kappa shape index (κ3) is 4.68. The van der Waals surface area contributed by atoms with Crippen LogP contribution in [0.4, 0.5) is 17.1 Å². The predicted molar refractivity (Wildman–Crippen MR) is 204 cm³/mol. The third-order valence-electron chi connectivity index (χ3n) is 10.8. The van der Waals surface area contributed by atoms with Gasteiger partial charge in [0.15, 0.2) is 0 Å². The summed E-state index contributed by atoms with van der Waals surface area (Å²) in [7, 11) is 0. The molecule has 0 saturated heterocycles. The molecule has 7 aromatic rings. The second-order valence-corrected chi connectivity index (χ2v) is 14.0. The summed E-state index contributed by atoms with van der Waals surface area (Å²) in [5.41, 5.74) is 17.1. The molecule has 0 amide bonds. The molecule has 0 heterocycles. The van der Waals surface area contributed by atoms with E-state index >= 15 is 0 Å². The molecule has 0 spiro atoms.